The van der Waals surface area contributed by atoms with E-state index in [0.29, 0.717) is 32.7 Å². The highest BCUT2D eigenvalue weighted by Gasteiger charge is 2.37. The molecular weight excluding hydrogens is 400 g/mol. The second-order valence-electron chi connectivity index (χ2n) is 7.50. The second-order valence-corrected chi connectivity index (χ2v) is 9.39. The Kier molecular flexibility index (Phi) is 7.64. The molecule has 0 saturated heterocycles. The van der Waals surface area contributed by atoms with E-state index in [0.717, 1.165) is 23.1 Å². The van der Waals surface area contributed by atoms with E-state index in [9.17, 15) is 13.2 Å². The number of nitrogens with one attached hydrogen (secondary N) is 1. The largest absolute Gasteiger partial charge is 0.382 e. The van der Waals surface area contributed by atoms with E-state index in [-0.39, 0.29) is 17.2 Å². The molecule has 30 heavy (non-hydrogen) atoms. The number of sulfonamides is 1. The first-order chi connectivity index (χ1) is 14.4. The van der Waals surface area contributed by atoms with Gasteiger partial charge in [-0.2, -0.15) is 4.31 Å². The van der Waals surface area contributed by atoms with Gasteiger partial charge in [0.05, 0.1) is 10.9 Å². The van der Waals surface area contributed by atoms with E-state index >= 15 is 0 Å². The summed E-state index contributed by atoms with van der Waals surface area (Å²) < 4.78 is 33.6. The van der Waals surface area contributed by atoms with Crippen LogP contribution in [0.15, 0.2) is 53.4 Å². The van der Waals surface area contributed by atoms with Crippen molar-refractivity contribution < 1.29 is 17.9 Å². The first-order valence-corrected chi connectivity index (χ1v) is 11.9. The van der Waals surface area contributed by atoms with Gasteiger partial charge in [0.2, 0.25) is 15.9 Å². The highest BCUT2D eigenvalue weighted by Crippen LogP contribution is 2.36. The van der Waals surface area contributed by atoms with Crippen molar-refractivity contribution in [1.82, 2.24) is 9.62 Å². The Balaban J connectivity index is 1.81. The SMILES string of the molecule is CCOCCCNC(=O)C[C@H]1c2ccccc2CCN1S(=O)(=O)c1ccc(C)cc1. The molecule has 0 unspecified atom stereocenters. The molecule has 2 aromatic rings. The maximum Gasteiger partial charge on any atom is 0.243 e. The molecule has 1 atom stereocenters. The summed E-state index contributed by atoms with van der Waals surface area (Å²) in [6, 6.07) is 14.1. The lowest BCUT2D eigenvalue weighted by Gasteiger charge is -2.36. The molecule has 1 aliphatic heterocycles. The van der Waals surface area contributed by atoms with Crippen LogP contribution >= 0.6 is 0 Å². The van der Waals surface area contributed by atoms with Crippen LogP contribution in [0.25, 0.3) is 0 Å². The zero-order chi connectivity index (χ0) is 21.6. The average Bonchev–Trinajstić information content (AvgIpc) is 2.74. The molecule has 2 aromatic carbocycles. The molecule has 3 rings (SSSR count). The molecule has 0 bridgehead atoms. The molecule has 1 N–H and O–H groups in total. The number of ether oxygens (including phenoxy) is 1. The third-order valence-corrected chi connectivity index (χ3v) is 7.28. The molecule has 0 spiro atoms. The second kappa shape index (κ2) is 10.2. The number of rotatable bonds is 9. The fourth-order valence-corrected chi connectivity index (χ4v) is 5.37. The third kappa shape index (κ3) is 5.28. The lowest BCUT2D eigenvalue weighted by Crippen LogP contribution is -2.42. The summed E-state index contributed by atoms with van der Waals surface area (Å²) in [6.45, 7) is 5.97. The molecule has 1 heterocycles. The van der Waals surface area contributed by atoms with E-state index in [1.54, 1.807) is 24.3 Å². The topological polar surface area (TPSA) is 75.7 Å². The first kappa shape index (κ1) is 22.5. The van der Waals surface area contributed by atoms with Crippen LogP contribution in [0.2, 0.25) is 0 Å². The van der Waals surface area contributed by atoms with E-state index < -0.39 is 16.1 Å². The summed E-state index contributed by atoms with van der Waals surface area (Å²) in [5.41, 5.74) is 3.01. The normalized spacial score (nSPS) is 16.8. The number of nitrogens with zero attached hydrogens (tertiary/aromatic N) is 1. The Morgan fingerprint density at radius 2 is 1.90 bits per heavy atom. The van der Waals surface area contributed by atoms with E-state index in [2.05, 4.69) is 5.32 Å². The van der Waals surface area contributed by atoms with Crippen molar-refractivity contribution >= 4 is 15.9 Å². The smallest absolute Gasteiger partial charge is 0.243 e. The van der Waals surface area contributed by atoms with Crippen LogP contribution in [0.5, 0.6) is 0 Å². The number of fused-ring (bicyclic) bond motifs is 1. The lowest BCUT2D eigenvalue weighted by atomic mass is 9.92. The zero-order valence-corrected chi connectivity index (χ0v) is 18.5. The Hall–Kier alpha value is -2.22. The van der Waals surface area contributed by atoms with Gasteiger partial charge in [-0.05, 0) is 49.9 Å². The van der Waals surface area contributed by atoms with Crippen LogP contribution in [0, 0.1) is 6.92 Å². The Morgan fingerprint density at radius 1 is 1.17 bits per heavy atom. The van der Waals surface area contributed by atoms with Gasteiger partial charge in [-0.3, -0.25) is 4.79 Å². The van der Waals surface area contributed by atoms with Gasteiger partial charge in [0.25, 0.3) is 0 Å². The van der Waals surface area contributed by atoms with Crippen LogP contribution in [-0.4, -0.2) is 44.9 Å². The minimum absolute atomic E-state index is 0.0940. The van der Waals surface area contributed by atoms with Crippen LogP contribution < -0.4 is 5.32 Å². The molecule has 0 aliphatic carbocycles. The monoisotopic (exact) mass is 430 g/mol. The molecule has 0 radical (unpaired) electrons. The van der Waals surface area contributed by atoms with Crippen molar-refractivity contribution in [3.8, 4) is 0 Å². The van der Waals surface area contributed by atoms with Gasteiger partial charge < -0.3 is 10.1 Å². The average molecular weight is 431 g/mol. The van der Waals surface area contributed by atoms with Crippen LogP contribution in [0.1, 0.15) is 42.5 Å². The number of hydrogen-bond acceptors (Lipinski definition) is 4. The summed E-state index contributed by atoms with van der Waals surface area (Å²) in [4.78, 5) is 12.9. The Morgan fingerprint density at radius 3 is 2.63 bits per heavy atom. The van der Waals surface area contributed by atoms with Gasteiger partial charge in [-0.25, -0.2) is 8.42 Å². The van der Waals surface area contributed by atoms with Gasteiger partial charge in [0.1, 0.15) is 0 Å². The fraction of sp³-hybridized carbons (Fsp3) is 0.435. The van der Waals surface area contributed by atoms with E-state index in [4.69, 9.17) is 4.74 Å². The first-order valence-electron chi connectivity index (χ1n) is 10.4. The highest BCUT2D eigenvalue weighted by atomic mass is 32.2. The van der Waals surface area contributed by atoms with Crippen LogP contribution in [0.3, 0.4) is 0 Å². The lowest BCUT2D eigenvalue weighted by molar-refractivity contribution is -0.122. The Labute approximate surface area is 179 Å². The molecule has 1 amide bonds. The summed E-state index contributed by atoms with van der Waals surface area (Å²) in [5, 5.41) is 2.90. The van der Waals surface area contributed by atoms with Crippen molar-refractivity contribution in [3.63, 3.8) is 0 Å². The standard InChI is InChI=1S/C23H30N2O4S/c1-3-29-16-6-14-24-23(26)17-22-21-8-5-4-7-19(21)13-15-25(22)30(27,28)20-11-9-18(2)10-12-20/h4-5,7-12,22H,3,6,13-17H2,1-2H3,(H,24,26)/t22-/m0/s1. The van der Waals surface area contributed by atoms with Gasteiger partial charge in [0, 0.05) is 32.7 Å². The van der Waals surface area contributed by atoms with Crippen molar-refractivity contribution in [2.24, 2.45) is 0 Å². The number of benzene rings is 2. The summed E-state index contributed by atoms with van der Waals surface area (Å²) in [7, 11) is -3.72. The number of aryl methyl sites for hydroxylation is 1. The predicted octanol–water partition coefficient (Wildman–Crippen LogP) is 3.22. The number of amides is 1. The molecule has 6 nitrogen and oxygen atoms in total. The van der Waals surface area contributed by atoms with E-state index in [1.165, 1.54) is 4.31 Å². The van der Waals surface area contributed by atoms with Gasteiger partial charge in [0.15, 0.2) is 0 Å². The van der Waals surface area contributed by atoms with E-state index in [1.807, 2.05) is 38.1 Å². The fourth-order valence-electron chi connectivity index (χ4n) is 3.77. The number of carbonyl (C=O) groups excluding carboxylic acids is 1. The van der Waals surface area contributed by atoms with Crippen molar-refractivity contribution in [2.75, 3.05) is 26.3 Å². The number of carbonyl (C=O) groups is 1. The molecule has 162 valence electrons. The maximum absolute atomic E-state index is 13.4. The summed E-state index contributed by atoms with van der Waals surface area (Å²) in [5.74, 6) is -0.155. The molecule has 7 heteroatoms. The Bertz CT molecular complexity index is 957. The summed E-state index contributed by atoms with van der Waals surface area (Å²) >= 11 is 0. The number of hydrogen-bond donors (Lipinski definition) is 1. The molecule has 0 saturated carbocycles. The molecule has 0 fully saturated rings. The van der Waals surface area contributed by atoms with Gasteiger partial charge in [-0.1, -0.05) is 42.0 Å². The molecule has 1 aliphatic rings. The van der Waals surface area contributed by atoms with Crippen molar-refractivity contribution in [1.29, 1.82) is 0 Å². The molecular formula is C23H30N2O4S. The van der Waals surface area contributed by atoms with Crippen molar-refractivity contribution in [2.45, 2.75) is 44.0 Å². The summed E-state index contributed by atoms with van der Waals surface area (Å²) in [6.07, 6.45) is 1.46. The third-order valence-electron chi connectivity index (χ3n) is 5.36. The van der Waals surface area contributed by atoms with Crippen molar-refractivity contribution in [3.05, 3.63) is 65.2 Å². The highest BCUT2D eigenvalue weighted by molar-refractivity contribution is 7.89. The van der Waals surface area contributed by atoms with Crippen LogP contribution in [-0.2, 0) is 26.0 Å². The minimum Gasteiger partial charge on any atom is -0.382 e. The van der Waals surface area contributed by atoms with Crippen LogP contribution in [0.4, 0.5) is 0 Å². The van der Waals surface area contributed by atoms with Gasteiger partial charge >= 0.3 is 0 Å². The maximum atomic E-state index is 13.4. The molecule has 0 aromatic heterocycles. The van der Waals surface area contributed by atoms with Gasteiger partial charge in [-0.15, -0.1) is 0 Å². The minimum atomic E-state index is -3.72. The quantitative estimate of drug-likeness (QED) is 0.620. The predicted molar refractivity (Wildman–Crippen MR) is 117 cm³/mol. The zero-order valence-electron chi connectivity index (χ0n) is 17.6.